The minimum absolute atomic E-state index is 0.0398. The van der Waals surface area contributed by atoms with E-state index < -0.39 is 7.29 Å². The molecule has 2 aromatic rings. The number of aliphatic hydroxyl groups excluding tert-OH is 1. The summed E-state index contributed by atoms with van der Waals surface area (Å²) in [6.07, 6.45) is 3.48. The molecule has 3 atom stereocenters. The molecule has 4 aliphatic rings. The molecule has 13 nitrogen and oxygen atoms in total. The summed E-state index contributed by atoms with van der Waals surface area (Å²) in [4.78, 5) is 34.8. The van der Waals surface area contributed by atoms with Gasteiger partial charge in [-0.05, 0) is 25.0 Å². The van der Waals surface area contributed by atoms with E-state index in [-0.39, 0.29) is 62.6 Å². The third-order valence-corrected chi connectivity index (χ3v) is 11.7. The van der Waals surface area contributed by atoms with Crippen LogP contribution in [0.4, 0.5) is 11.4 Å². The van der Waals surface area contributed by atoms with Crippen molar-refractivity contribution in [2.75, 3.05) is 77.9 Å². The van der Waals surface area contributed by atoms with Crippen molar-refractivity contribution in [2.45, 2.75) is 24.9 Å². The molecule has 0 spiro atoms. The number of nitrogens with one attached hydrogen (secondary N) is 2. The molecular weight excluding hydrogens is 637 g/mol. The number of hydrogen-bond acceptors (Lipinski definition) is 10. The maximum Gasteiger partial charge on any atom is 0.257 e. The molecule has 2 amide bonds. The van der Waals surface area contributed by atoms with Gasteiger partial charge in [-0.25, -0.2) is 0 Å². The standard InChI is InChI=1S/C34H42N5O8P/c1-21-11-23-17-35-27-15-31(29(44-3)13-25(27)33(41)38(23)19-21)46-7-9-48(43,37-5-6-40)10-8-47-32-16-28-26(14-30(32)45-4)34(42)39-20-22(2)12-24(39)18-36-28/h13-17,23-24,36,40H,1-2,5-12,18-20H2,3-4H3,(H,37,43)/t23-,24-,48?/m0/s1. The van der Waals surface area contributed by atoms with Gasteiger partial charge in [0.2, 0.25) is 0 Å². The van der Waals surface area contributed by atoms with E-state index in [1.165, 1.54) is 14.2 Å². The van der Waals surface area contributed by atoms with Crippen molar-refractivity contribution in [3.63, 3.8) is 0 Å². The molecule has 6 rings (SSSR count). The normalized spacial score (nSPS) is 21.0. The van der Waals surface area contributed by atoms with Gasteiger partial charge in [0, 0.05) is 56.9 Å². The van der Waals surface area contributed by atoms with E-state index in [2.05, 4.69) is 28.6 Å². The molecule has 2 aromatic carbocycles. The van der Waals surface area contributed by atoms with Crippen molar-refractivity contribution >= 4 is 36.7 Å². The molecule has 48 heavy (non-hydrogen) atoms. The topological polar surface area (TPSA) is 151 Å². The van der Waals surface area contributed by atoms with Crippen LogP contribution in [-0.2, 0) is 4.57 Å². The first kappa shape index (κ1) is 33.6. The van der Waals surface area contributed by atoms with Crippen LogP contribution in [0.3, 0.4) is 0 Å². The van der Waals surface area contributed by atoms with E-state index in [4.69, 9.17) is 18.9 Å². The molecule has 4 aliphatic heterocycles. The van der Waals surface area contributed by atoms with E-state index in [0.29, 0.717) is 71.6 Å². The number of hydrogen-bond donors (Lipinski definition) is 3. The number of fused-ring (bicyclic) bond motifs is 4. The van der Waals surface area contributed by atoms with Crippen molar-refractivity contribution < 1.29 is 38.2 Å². The smallest absolute Gasteiger partial charge is 0.257 e. The maximum atomic E-state index is 14.0. The third kappa shape index (κ3) is 6.80. The second-order valence-corrected chi connectivity index (χ2v) is 15.4. The van der Waals surface area contributed by atoms with Crippen molar-refractivity contribution in [3.05, 3.63) is 59.7 Å². The van der Waals surface area contributed by atoms with Gasteiger partial charge in [-0.15, -0.1) is 0 Å². The van der Waals surface area contributed by atoms with E-state index in [1.807, 2.05) is 4.90 Å². The Hall–Kier alpha value is -4.32. The monoisotopic (exact) mass is 679 g/mol. The highest BCUT2D eigenvalue weighted by Crippen LogP contribution is 2.43. The minimum Gasteiger partial charge on any atom is -0.493 e. The number of aliphatic hydroxyl groups is 1. The van der Waals surface area contributed by atoms with Crippen LogP contribution in [0.2, 0.25) is 0 Å². The highest BCUT2D eigenvalue weighted by molar-refractivity contribution is 7.61. The zero-order valence-electron chi connectivity index (χ0n) is 27.3. The molecule has 2 fully saturated rings. The zero-order valence-corrected chi connectivity index (χ0v) is 28.2. The Labute approximate surface area is 280 Å². The fourth-order valence-electron chi connectivity index (χ4n) is 6.57. The zero-order chi connectivity index (χ0) is 34.0. The van der Waals surface area contributed by atoms with Crippen LogP contribution in [0.25, 0.3) is 0 Å². The number of carbonyl (C=O) groups excluding carboxylic acids is 2. The average Bonchev–Trinajstić information content (AvgIpc) is 3.59. The summed E-state index contributed by atoms with van der Waals surface area (Å²) in [5, 5.41) is 15.8. The minimum atomic E-state index is -3.10. The second kappa shape index (κ2) is 14.0. The molecule has 256 valence electrons. The molecule has 0 radical (unpaired) electrons. The lowest BCUT2D eigenvalue weighted by Crippen LogP contribution is -2.36. The molecule has 3 N–H and O–H groups in total. The van der Waals surface area contributed by atoms with Crippen LogP contribution in [-0.4, -0.2) is 118 Å². The second-order valence-electron chi connectivity index (χ2n) is 12.4. The Morgan fingerprint density at radius 3 is 2.23 bits per heavy atom. The molecule has 0 aliphatic carbocycles. The molecule has 14 heteroatoms. The molecule has 0 bridgehead atoms. The summed E-state index contributed by atoms with van der Waals surface area (Å²) in [6, 6.07) is 6.61. The number of methoxy groups -OCH3 is 2. The maximum absolute atomic E-state index is 14.0. The summed E-state index contributed by atoms with van der Waals surface area (Å²) in [6.45, 7) is 9.78. The fourth-order valence-corrected chi connectivity index (χ4v) is 8.39. The first-order chi connectivity index (χ1) is 23.1. The number of carbonyl (C=O) groups is 2. The summed E-state index contributed by atoms with van der Waals surface area (Å²) in [5.41, 5.74) is 4.06. The van der Waals surface area contributed by atoms with Crippen molar-refractivity contribution in [1.29, 1.82) is 0 Å². The molecular formula is C34H42N5O8P. The predicted octanol–water partition coefficient (Wildman–Crippen LogP) is 3.70. The summed E-state index contributed by atoms with van der Waals surface area (Å²) >= 11 is 0. The number of nitrogens with zero attached hydrogens (tertiary/aromatic N) is 3. The first-order valence-corrected chi connectivity index (χ1v) is 18.1. The van der Waals surface area contributed by atoms with Crippen LogP contribution in [0.1, 0.15) is 33.6 Å². The van der Waals surface area contributed by atoms with Gasteiger partial charge in [-0.1, -0.05) is 24.3 Å². The largest absolute Gasteiger partial charge is 0.493 e. The number of rotatable bonds is 13. The Kier molecular flexibility index (Phi) is 9.82. The van der Waals surface area contributed by atoms with Gasteiger partial charge in [0.15, 0.2) is 30.3 Å². The lowest BCUT2D eigenvalue weighted by molar-refractivity contribution is 0.0750. The molecule has 0 aromatic heterocycles. The first-order valence-electron chi connectivity index (χ1n) is 16.0. The quantitative estimate of drug-likeness (QED) is 0.211. The number of aliphatic imine (C=N–C) groups is 1. The Morgan fingerprint density at radius 2 is 1.54 bits per heavy atom. The van der Waals surface area contributed by atoms with Gasteiger partial charge in [0.25, 0.3) is 11.8 Å². The molecule has 1 unspecified atom stereocenters. The van der Waals surface area contributed by atoms with Crippen LogP contribution >= 0.6 is 7.29 Å². The molecule has 0 saturated carbocycles. The number of amides is 2. The van der Waals surface area contributed by atoms with Crippen LogP contribution in [0, 0.1) is 0 Å². The lowest BCUT2D eigenvalue weighted by Gasteiger charge is -2.22. The van der Waals surface area contributed by atoms with Gasteiger partial charge in [-0.3, -0.25) is 19.7 Å². The van der Waals surface area contributed by atoms with Crippen LogP contribution < -0.4 is 29.4 Å². The number of benzene rings is 2. The van der Waals surface area contributed by atoms with Crippen molar-refractivity contribution in [2.24, 2.45) is 4.99 Å². The Bertz CT molecular complexity index is 1710. The fraction of sp³-hybridized carbons (Fsp3) is 0.441. The average molecular weight is 680 g/mol. The highest BCUT2D eigenvalue weighted by Gasteiger charge is 2.36. The highest BCUT2D eigenvalue weighted by atomic mass is 31.2. The van der Waals surface area contributed by atoms with E-state index in [1.54, 1.807) is 35.4 Å². The van der Waals surface area contributed by atoms with Gasteiger partial charge in [0.1, 0.15) is 0 Å². The Balaban J connectivity index is 1.12. The predicted molar refractivity (Wildman–Crippen MR) is 183 cm³/mol. The van der Waals surface area contributed by atoms with E-state index >= 15 is 0 Å². The lowest BCUT2D eigenvalue weighted by atomic mass is 10.1. The van der Waals surface area contributed by atoms with E-state index in [9.17, 15) is 19.3 Å². The molecule has 4 heterocycles. The molecule has 2 saturated heterocycles. The SMILES string of the molecule is C=C1C[C@H]2CNc3cc(OCCP(=O)(CCOc4cc5c(cc4OC)C(=O)N4CC(=C)C[C@H]4C=N5)NCCO)c(OC)cc3C(=O)N2C1. The van der Waals surface area contributed by atoms with Gasteiger partial charge < -0.3 is 43.7 Å². The third-order valence-electron chi connectivity index (χ3n) is 9.07. The Morgan fingerprint density at radius 1 is 0.917 bits per heavy atom. The summed E-state index contributed by atoms with van der Waals surface area (Å²) < 4.78 is 37.2. The van der Waals surface area contributed by atoms with Gasteiger partial charge in [-0.2, -0.15) is 0 Å². The number of anilines is 1. The van der Waals surface area contributed by atoms with Crippen LogP contribution in [0.15, 0.2) is 53.6 Å². The van der Waals surface area contributed by atoms with Crippen molar-refractivity contribution in [3.8, 4) is 23.0 Å². The van der Waals surface area contributed by atoms with E-state index in [0.717, 1.165) is 17.6 Å². The van der Waals surface area contributed by atoms with Gasteiger partial charge in [0.05, 0.1) is 68.6 Å². The van der Waals surface area contributed by atoms with Crippen molar-refractivity contribution in [1.82, 2.24) is 14.9 Å². The summed E-state index contributed by atoms with van der Waals surface area (Å²) in [7, 11) is -0.0990. The number of ether oxygens (including phenoxy) is 4. The van der Waals surface area contributed by atoms with Crippen LogP contribution in [0.5, 0.6) is 23.0 Å². The van der Waals surface area contributed by atoms with Gasteiger partial charge >= 0.3 is 0 Å². The summed E-state index contributed by atoms with van der Waals surface area (Å²) in [5.74, 6) is 1.32.